The van der Waals surface area contributed by atoms with Crippen molar-refractivity contribution in [1.82, 2.24) is 4.90 Å². The third-order valence-corrected chi connectivity index (χ3v) is 4.39. The van der Waals surface area contributed by atoms with E-state index in [-0.39, 0.29) is 5.91 Å². The normalized spacial score (nSPS) is 10.8. The van der Waals surface area contributed by atoms with Gasteiger partial charge in [-0.2, -0.15) is 0 Å². The fourth-order valence-corrected chi connectivity index (χ4v) is 2.85. The molecular weight excluding hydrogens is 382 g/mol. The second-order valence-corrected chi connectivity index (χ2v) is 6.63. The molecule has 25 heavy (non-hydrogen) atoms. The molecule has 4 nitrogen and oxygen atoms in total. The standard InChI is InChI=1S/C20H22BrNO3/c1-14-10-18(24-3)19(25-4)12-16(14)13-22(2)20(23)9-8-15-6-5-7-17(21)11-15/h5-12H,13H2,1-4H3/b9-8+. The van der Waals surface area contributed by atoms with Gasteiger partial charge >= 0.3 is 0 Å². The van der Waals surface area contributed by atoms with Crippen molar-refractivity contribution in [3.63, 3.8) is 0 Å². The Balaban J connectivity index is 2.11. The van der Waals surface area contributed by atoms with Crippen LogP contribution in [0.25, 0.3) is 6.08 Å². The fraction of sp³-hybridized carbons (Fsp3) is 0.250. The highest BCUT2D eigenvalue weighted by molar-refractivity contribution is 9.10. The fourth-order valence-electron chi connectivity index (χ4n) is 2.43. The third-order valence-electron chi connectivity index (χ3n) is 3.89. The summed E-state index contributed by atoms with van der Waals surface area (Å²) in [5.74, 6) is 1.29. The lowest BCUT2D eigenvalue weighted by Gasteiger charge is -2.18. The van der Waals surface area contributed by atoms with Crippen molar-refractivity contribution in [2.45, 2.75) is 13.5 Å². The van der Waals surface area contributed by atoms with E-state index in [0.29, 0.717) is 18.0 Å². The molecule has 0 bridgehead atoms. The SMILES string of the molecule is COc1cc(C)c(CN(C)C(=O)/C=C/c2cccc(Br)c2)cc1OC. The van der Waals surface area contributed by atoms with E-state index in [9.17, 15) is 4.79 Å². The van der Waals surface area contributed by atoms with Crippen molar-refractivity contribution in [3.8, 4) is 11.5 Å². The van der Waals surface area contributed by atoms with E-state index < -0.39 is 0 Å². The summed E-state index contributed by atoms with van der Waals surface area (Å²) in [5.41, 5.74) is 3.04. The van der Waals surface area contributed by atoms with Gasteiger partial charge in [0.1, 0.15) is 0 Å². The predicted octanol–water partition coefficient (Wildman–Crippen LogP) is 4.45. The zero-order chi connectivity index (χ0) is 18.4. The summed E-state index contributed by atoms with van der Waals surface area (Å²) in [5, 5.41) is 0. The smallest absolute Gasteiger partial charge is 0.246 e. The van der Waals surface area contributed by atoms with Gasteiger partial charge in [-0.1, -0.05) is 28.1 Å². The molecule has 0 spiro atoms. The molecule has 0 saturated heterocycles. The molecule has 0 aromatic heterocycles. The van der Waals surface area contributed by atoms with Crippen molar-refractivity contribution >= 4 is 27.9 Å². The Morgan fingerprint density at radius 1 is 1.16 bits per heavy atom. The molecule has 2 rings (SSSR count). The maximum atomic E-state index is 12.4. The van der Waals surface area contributed by atoms with Gasteiger partial charge in [-0.25, -0.2) is 0 Å². The quantitative estimate of drug-likeness (QED) is 0.668. The number of amides is 1. The van der Waals surface area contributed by atoms with Crippen LogP contribution in [0, 0.1) is 6.92 Å². The Labute approximate surface area is 157 Å². The van der Waals surface area contributed by atoms with Crippen LogP contribution in [0.15, 0.2) is 46.9 Å². The molecule has 0 saturated carbocycles. The first-order chi connectivity index (χ1) is 11.9. The molecule has 1 amide bonds. The lowest BCUT2D eigenvalue weighted by molar-refractivity contribution is -0.125. The number of hydrogen-bond acceptors (Lipinski definition) is 3. The van der Waals surface area contributed by atoms with Crippen LogP contribution >= 0.6 is 15.9 Å². The maximum absolute atomic E-state index is 12.4. The van der Waals surface area contributed by atoms with Crippen molar-refractivity contribution < 1.29 is 14.3 Å². The maximum Gasteiger partial charge on any atom is 0.246 e. The molecule has 0 aliphatic carbocycles. The van der Waals surface area contributed by atoms with Crippen LogP contribution in [0.3, 0.4) is 0 Å². The average molecular weight is 404 g/mol. The van der Waals surface area contributed by atoms with Crippen LogP contribution < -0.4 is 9.47 Å². The molecule has 2 aromatic carbocycles. The molecule has 0 aliphatic rings. The largest absolute Gasteiger partial charge is 0.493 e. The Bertz CT molecular complexity index is 787. The summed E-state index contributed by atoms with van der Waals surface area (Å²) in [4.78, 5) is 14.0. The zero-order valence-electron chi connectivity index (χ0n) is 14.9. The van der Waals surface area contributed by atoms with Gasteiger partial charge in [0.25, 0.3) is 0 Å². The first-order valence-electron chi connectivity index (χ1n) is 7.85. The highest BCUT2D eigenvalue weighted by atomic mass is 79.9. The molecule has 0 N–H and O–H groups in total. The van der Waals surface area contributed by atoms with E-state index in [1.165, 1.54) is 0 Å². The van der Waals surface area contributed by atoms with E-state index >= 15 is 0 Å². The summed E-state index contributed by atoms with van der Waals surface area (Å²) in [7, 11) is 5.00. The first-order valence-corrected chi connectivity index (χ1v) is 8.64. The Hall–Kier alpha value is -2.27. The van der Waals surface area contributed by atoms with Crippen LogP contribution in [0.4, 0.5) is 0 Å². The number of halogens is 1. The molecule has 5 heteroatoms. The number of nitrogens with zero attached hydrogens (tertiary/aromatic N) is 1. The van der Waals surface area contributed by atoms with Gasteiger partial charge in [0.05, 0.1) is 14.2 Å². The first kappa shape index (κ1) is 19.1. The summed E-state index contributed by atoms with van der Waals surface area (Å²) < 4.78 is 11.6. The molecule has 0 aliphatic heterocycles. The number of benzene rings is 2. The van der Waals surface area contributed by atoms with Gasteiger partial charge < -0.3 is 14.4 Å². The van der Waals surface area contributed by atoms with Gasteiger partial charge in [-0.05, 0) is 54.0 Å². The number of carbonyl (C=O) groups excluding carboxylic acids is 1. The monoisotopic (exact) mass is 403 g/mol. The Kier molecular flexibility index (Phi) is 6.65. The number of methoxy groups -OCH3 is 2. The van der Waals surface area contributed by atoms with Crippen LogP contribution in [0.1, 0.15) is 16.7 Å². The van der Waals surface area contributed by atoms with E-state index in [0.717, 1.165) is 21.2 Å². The minimum Gasteiger partial charge on any atom is -0.493 e. The van der Waals surface area contributed by atoms with Crippen molar-refractivity contribution in [1.29, 1.82) is 0 Å². The Morgan fingerprint density at radius 3 is 2.48 bits per heavy atom. The number of carbonyl (C=O) groups is 1. The average Bonchev–Trinajstić information content (AvgIpc) is 2.60. The zero-order valence-corrected chi connectivity index (χ0v) is 16.5. The van der Waals surface area contributed by atoms with Gasteiger partial charge in [0, 0.05) is 24.1 Å². The molecule has 2 aromatic rings. The minimum atomic E-state index is -0.0610. The van der Waals surface area contributed by atoms with Gasteiger partial charge in [-0.3, -0.25) is 4.79 Å². The summed E-state index contributed by atoms with van der Waals surface area (Å²) in [6.45, 7) is 2.49. The van der Waals surface area contributed by atoms with Gasteiger partial charge in [0.15, 0.2) is 11.5 Å². The summed E-state index contributed by atoms with van der Waals surface area (Å²) >= 11 is 3.42. The van der Waals surface area contributed by atoms with E-state index in [1.54, 1.807) is 32.2 Å². The molecule has 0 heterocycles. The molecule has 0 atom stereocenters. The predicted molar refractivity (Wildman–Crippen MR) is 104 cm³/mol. The van der Waals surface area contributed by atoms with Crippen molar-refractivity contribution in [2.75, 3.05) is 21.3 Å². The Morgan fingerprint density at radius 2 is 1.84 bits per heavy atom. The lowest BCUT2D eigenvalue weighted by Crippen LogP contribution is -2.24. The molecule has 0 radical (unpaired) electrons. The number of likely N-dealkylation sites (N-methyl/N-ethyl adjacent to an activating group) is 1. The van der Waals surface area contributed by atoms with Crippen molar-refractivity contribution in [3.05, 3.63) is 63.6 Å². The van der Waals surface area contributed by atoms with Gasteiger partial charge in [0.2, 0.25) is 5.91 Å². The number of rotatable bonds is 6. The van der Waals surface area contributed by atoms with Gasteiger partial charge in [-0.15, -0.1) is 0 Å². The molecule has 132 valence electrons. The van der Waals surface area contributed by atoms with Crippen LogP contribution in [-0.2, 0) is 11.3 Å². The number of hydrogen-bond donors (Lipinski definition) is 0. The molecule has 0 fully saturated rings. The topological polar surface area (TPSA) is 38.8 Å². The van der Waals surface area contributed by atoms with Crippen molar-refractivity contribution in [2.24, 2.45) is 0 Å². The van der Waals surface area contributed by atoms with E-state index in [1.807, 2.05) is 49.4 Å². The van der Waals surface area contributed by atoms with Crippen LogP contribution in [0.2, 0.25) is 0 Å². The molecule has 0 unspecified atom stereocenters. The lowest BCUT2D eigenvalue weighted by atomic mass is 10.1. The van der Waals surface area contributed by atoms with E-state index in [2.05, 4.69) is 15.9 Å². The second kappa shape index (κ2) is 8.72. The highest BCUT2D eigenvalue weighted by Crippen LogP contribution is 2.30. The van der Waals surface area contributed by atoms with Crippen LogP contribution in [0.5, 0.6) is 11.5 Å². The summed E-state index contributed by atoms with van der Waals surface area (Å²) in [6.07, 6.45) is 3.39. The number of aryl methyl sites for hydroxylation is 1. The number of ether oxygens (including phenoxy) is 2. The molecular formula is C20H22BrNO3. The summed E-state index contributed by atoms with van der Waals surface area (Å²) in [6, 6.07) is 11.6. The minimum absolute atomic E-state index is 0.0610. The highest BCUT2D eigenvalue weighted by Gasteiger charge is 2.12. The second-order valence-electron chi connectivity index (χ2n) is 5.72. The third kappa shape index (κ3) is 5.10. The van der Waals surface area contributed by atoms with Crippen LogP contribution in [-0.4, -0.2) is 32.1 Å². The van der Waals surface area contributed by atoms with E-state index in [4.69, 9.17) is 9.47 Å².